The number of rotatable bonds is 4. The molecule has 134 valence electrons. The van der Waals surface area contributed by atoms with Crippen LogP contribution in [0.25, 0.3) is 10.9 Å². The van der Waals surface area contributed by atoms with Crippen molar-refractivity contribution in [3.63, 3.8) is 0 Å². The largest absolute Gasteiger partial charge is 0.497 e. The number of aryl methyl sites for hydroxylation is 1. The molecule has 1 amide bonds. The van der Waals surface area contributed by atoms with E-state index in [0.29, 0.717) is 6.42 Å². The summed E-state index contributed by atoms with van der Waals surface area (Å²) >= 11 is 0. The number of likely N-dealkylation sites (tertiary alicyclic amines) is 1. The van der Waals surface area contributed by atoms with Crippen molar-refractivity contribution >= 4 is 16.8 Å². The summed E-state index contributed by atoms with van der Waals surface area (Å²) in [5.41, 5.74) is 4.45. The van der Waals surface area contributed by atoms with E-state index in [2.05, 4.69) is 23.2 Å². The van der Waals surface area contributed by atoms with Crippen molar-refractivity contribution in [3.05, 3.63) is 65.4 Å². The van der Waals surface area contributed by atoms with Gasteiger partial charge in [0.15, 0.2) is 0 Å². The average molecular weight is 348 g/mol. The van der Waals surface area contributed by atoms with Gasteiger partial charge >= 0.3 is 0 Å². The molecule has 3 aromatic rings. The van der Waals surface area contributed by atoms with E-state index in [4.69, 9.17) is 4.74 Å². The van der Waals surface area contributed by atoms with Crippen LogP contribution in [-0.2, 0) is 11.2 Å². The Morgan fingerprint density at radius 2 is 2.08 bits per heavy atom. The van der Waals surface area contributed by atoms with Crippen molar-refractivity contribution in [2.75, 3.05) is 13.7 Å². The second-order valence-electron chi connectivity index (χ2n) is 6.97. The van der Waals surface area contributed by atoms with Crippen LogP contribution in [0.4, 0.5) is 0 Å². The molecule has 1 unspecified atom stereocenters. The second kappa shape index (κ2) is 6.87. The summed E-state index contributed by atoms with van der Waals surface area (Å²) in [6, 6.07) is 16.4. The SMILES string of the molecule is COc1cccc(C2CCCN2C(=O)Cc2c(C)[nH]c3ccccc23)c1. The number of fused-ring (bicyclic) bond motifs is 1. The minimum Gasteiger partial charge on any atom is -0.497 e. The van der Waals surface area contributed by atoms with Gasteiger partial charge in [-0.3, -0.25) is 4.79 Å². The first-order valence-electron chi connectivity index (χ1n) is 9.17. The van der Waals surface area contributed by atoms with Crippen LogP contribution in [-0.4, -0.2) is 29.4 Å². The Kier molecular flexibility index (Phi) is 4.41. The first-order chi connectivity index (χ1) is 12.7. The van der Waals surface area contributed by atoms with Gasteiger partial charge in [0, 0.05) is 23.1 Å². The van der Waals surface area contributed by atoms with Crippen molar-refractivity contribution < 1.29 is 9.53 Å². The monoisotopic (exact) mass is 348 g/mol. The summed E-state index contributed by atoms with van der Waals surface area (Å²) in [5, 5.41) is 1.15. The maximum atomic E-state index is 13.1. The van der Waals surface area contributed by atoms with Gasteiger partial charge in [-0.2, -0.15) is 0 Å². The maximum absolute atomic E-state index is 13.1. The number of H-pyrrole nitrogens is 1. The summed E-state index contributed by atoms with van der Waals surface area (Å²) in [6.07, 6.45) is 2.49. The van der Waals surface area contributed by atoms with Gasteiger partial charge in [0.2, 0.25) is 5.91 Å². The third-order valence-corrected chi connectivity index (χ3v) is 5.41. The van der Waals surface area contributed by atoms with Crippen LogP contribution in [0.15, 0.2) is 48.5 Å². The molecule has 1 fully saturated rings. The molecule has 4 rings (SSSR count). The smallest absolute Gasteiger partial charge is 0.227 e. The molecule has 0 spiro atoms. The van der Waals surface area contributed by atoms with Gasteiger partial charge in [-0.1, -0.05) is 30.3 Å². The highest BCUT2D eigenvalue weighted by molar-refractivity contribution is 5.90. The molecule has 0 aliphatic carbocycles. The summed E-state index contributed by atoms with van der Waals surface area (Å²) in [5.74, 6) is 1.04. The highest BCUT2D eigenvalue weighted by Crippen LogP contribution is 2.34. The Labute approximate surface area is 153 Å². The Morgan fingerprint density at radius 1 is 1.23 bits per heavy atom. The van der Waals surface area contributed by atoms with E-state index < -0.39 is 0 Å². The summed E-state index contributed by atoms with van der Waals surface area (Å²) in [6.45, 7) is 2.87. The first-order valence-corrected chi connectivity index (χ1v) is 9.17. The standard InChI is InChI=1S/C22H24N2O2/c1-15-19(18-9-3-4-10-20(18)23-15)14-22(25)24-12-6-11-21(24)16-7-5-8-17(13-16)26-2/h3-5,7-10,13,21,23H,6,11-12,14H2,1-2H3. The van der Waals surface area contributed by atoms with Crippen molar-refractivity contribution in [2.24, 2.45) is 0 Å². The molecular formula is C22H24N2O2. The van der Waals surface area contributed by atoms with E-state index in [1.54, 1.807) is 7.11 Å². The minimum absolute atomic E-state index is 0.142. The number of methoxy groups -OCH3 is 1. The zero-order valence-corrected chi connectivity index (χ0v) is 15.3. The van der Waals surface area contributed by atoms with Gasteiger partial charge in [-0.05, 0) is 49.1 Å². The van der Waals surface area contributed by atoms with Crippen LogP contribution in [0, 0.1) is 6.92 Å². The van der Waals surface area contributed by atoms with Crippen LogP contribution in [0.1, 0.15) is 35.7 Å². The molecule has 1 aromatic heterocycles. The molecule has 1 aliphatic heterocycles. The topological polar surface area (TPSA) is 45.3 Å². The highest BCUT2D eigenvalue weighted by atomic mass is 16.5. The molecule has 2 heterocycles. The van der Waals surface area contributed by atoms with Gasteiger partial charge < -0.3 is 14.6 Å². The number of ether oxygens (including phenoxy) is 1. The number of benzene rings is 2. The number of para-hydroxylation sites is 1. The molecule has 0 radical (unpaired) electrons. The van der Waals surface area contributed by atoms with Gasteiger partial charge in [0.05, 0.1) is 19.6 Å². The Balaban J connectivity index is 1.59. The van der Waals surface area contributed by atoms with Gasteiger partial charge in [0.25, 0.3) is 0 Å². The number of aromatic nitrogens is 1. The molecular weight excluding hydrogens is 324 g/mol. The van der Waals surface area contributed by atoms with Crippen molar-refractivity contribution in [1.29, 1.82) is 0 Å². The predicted molar refractivity (Wildman–Crippen MR) is 103 cm³/mol. The van der Waals surface area contributed by atoms with Crippen molar-refractivity contribution in [1.82, 2.24) is 9.88 Å². The number of nitrogens with one attached hydrogen (secondary N) is 1. The first kappa shape index (κ1) is 16.7. The Morgan fingerprint density at radius 3 is 2.92 bits per heavy atom. The second-order valence-corrected chi connectivity index (χ2v) is 6.97. The fourth-order valence-electron chi connectivity index (χ4n) is 4.08. The summed E-state index contributed by atoms with van der Waals surface area (Å²) in [7, 11) is 1.68. The number of nitrogens with zero attached hydrogens (tertiary/aromatic N) is 1. The summed E-state index contributed by atoms with van der Waals surface area (Å²) in [4.78, 5) is 18.6. The average Bonchev–Trinajstić information content (AvgIpc) is 3.27. The van der Waals surface area contributed by atoms with Crippen LogP contribution >= 0.6 is 0 Å². The van der Waals surface area contributed by atoms with Crippen LogP contribution in [0.2, 0.25) is 0 Å². The number of hydrogen-bond donors (Lipinski definition) is 1. The lowest BCUT2D eigenvalue weighted by molar-refractivity contribution is -0.131. The van der Waals surface area contributed by atoms with Gasteiger partial charge in [-0.25, -0.2) is 0 Å². The lowest BCUT2D eigenvalue weighted by Gasteiger charge is -2.25. The molecule has 1 atom stereocenters. The van der Waals surface area contributed by atoms with E-state index in [1.165, 1.54) is 0 Å². The lowest BCUT2D eigenvalue weighted by Crippen LogP contribution is -2.32. The Hall–Kier alpha value is -2.75. The van der Waals surface area contributed by atoms with Crippen molar-refractivity contribution in [3.8, 4) is 5.75 Å². The fraction of sp³-hybridized carbons (Fsp3) is 0.318. The minimum atomic E-state index is 0.142. The van der Waals surface area contributed by atoms with Crippen LogP contribution in [0.5, 0.6) is 5.75 Å². The Bertz CT molecular complexity index is 944. The maximum Gasteiger partial charge on any atom is 0.227 e. The molecule has 1 saturated heterocycles. The van der Waals surface area contributed by atoms with Crippen LogP contribution < -0.4 is 4.74 Å². The highest BCUT2D eigenvalue weighted by Gasteiger charge is 2.30. The molecule has 1 aliphatic rings. The molecule has 4 heteroatoms. The van der Waals surface area contributed by atoms with Crippen molar-refractivity contribution in [2.45, 2.75) is 32.2 Å². The fourth-order valence-corrected chi connectivity index (χ4v) is 4.08. The predicted octanol–water partition coefficient (Wildman–Crippen LogP) is 4.39. The van der Waals surface area contributed by atoms with E-state index in [1.807, 2.05) is 42.2 Å². The zero-order valence-electron chi connectivity index (χ0n) is 15.3. The van der Waals surface area contributed by atoms with Crippen LogP contribution in [0.3, 0.4) is 0 Å². The third kappa shape index (κ3) is 2.96. The molecule has 4 nitrogen and oxygen atoms in total. The molecule has 26 heavy (non-hydrogen) atoms. The number of carbonyl (C=O) groups excluding carboxylic acids is 1. The molecule has 0 bridgehead atoms. The normalized spacial score (nSPS) is 17.0. The van der Waals surface area contributed by atoms with E-state index in [-0.39, 0.29) is 11.9 Å². The molecule has 1 N–H and O–H groups in total. The molecule has 0 saturated carbocycles. The lowest BCUT2D eigenvalue weighted by atomic mass is 10.0. The van der Waals surface area contributed by atoms with E-state index in [0.717, 1.165) is 52.9 Å². The number of hydrogen-bond acceptors (Lipinski definition) is 2. The quantitative estimate of drug-likeness (QED) is 0.760. The zero-order chi connectivity index (χ0) is 18.1. The van der Waals surface area contributed by atoms with E-state index >= 15 is 0 Å². The number of carbonyl (C=O) groups is 1. The van der Waals surface area contributed by atoms with Gasteiger partial charge in [0.1, 0.15) is 5.75 Å². The third-order valence-electron chi connectivity index (χ3n) is 5.41. The van der Waals surface area contributed by atoms with E-state index in [9.17, 15) is 4.79 Å². The number of amides is 1. The number of aromatic amines is 1. The summed E-state index contributed by atoms with van der Waals surface area (Å²) < 4.78 is 5.35. The van der Waals surface area contributed by atoms with Gasteiger partial charge in [-0.15, -0.1) is 0 Å². The molecule has 2 aromatic carbocycles.